The van der Waals surface area contributed by atoms with Gasteiger partial charge in [-0.1, -0.05) is 6.08 Å². The molecule has 1 aliphatic carbocycles. The average Bonchev–Trinajstić information content (AvgIpc) is 1.90. The molecule has 0 saturated heterocycles. The number of allylic oxidation sites excluding steroid dienone is 2. The van der Waals surface area contributed by atoms with Crippen molar-refractivity contribution in [3.63, 3.8) is 0 Å². The van der Waals surface area contributed by atoms with E-state index in [9.17, 15) is 4.21 Å². The fourth-order valence-corrected chi connectivity index (χ4v) is 1.14. The molecule has 0 spiro atoms. The summed E-state index contributed by atoms with van der Waals surface area (Å²) in [6, 6.07) is 0. The Kier molecular flexibility index (Phi) is 2.03. The molecule has 0 amide bonds. The molecule has 0 saturated carbocycles. The van der Waals surface area contributed by atoms with Crippen LogP contribution in [0.5, 0.6) is 0 Å². The Morgan fingerprint density at radius 1 is 1.62 bits per heavy atom. The number of rotatable bonds is 0. The highest BCUT2D eigenvalue weighted by atomic mass is 32.1. The van der Waals surface area contributed by atoms with Gasteiger partial charge in [0.25, 0.3) is 0 Å². The molecule has 1 nitrogen and oxygen atoms in total. The lowest BCUT2D eigenvalue weighted by molar-refractivity contribution is 0.700. The van der Waals surface area contributed by atoms with E-state index in [1.54, 1.807) is 0 Å². The van der Waals surface area contributed by atoms with Crippen LogP contribution in [0.15, 0.2) is 12.2 Å². The summed E-state index contributed by atoms with van der Waals surface area (Å²) in [4.78, 5) is 0.983. The van der Waals surface area contributed by atoms with Gasteiger partial charge in [-0.25, -0.2) is 4.21 Å². The molecule has 0 aromatic heterocycles. The summed E-state index contributed by atoms with van der Waals surface area (Å²) in [7, 11) is 0. The fourth-order valence-electron chi connectivity index (χ4n) is 0.762. The fraction of sp³-hybridized carbons (Fsp3) is 0.500. The van der Waals surface area contributed by atoms with Gasteiger partial charge in [-0.15, -0.1) is 0 Å². The van der Waals surface area contributed by atoms with Crippen molar-refractivity contribution in [2.24, 2.45) is 0 Å². The van der Waals surface area contributed by atoms with Crippen molar-refractivity contribution < 1.29 is 4.21 Å². The van der Waals surface area contributed by atoms with E-state index in [0.29, 0.717) is 11.3 Å². The second-order valence-electron chi connectivity index (χ2n) is 1.84. The molecule has 1 rings (SSSR count). The molecule has 0 bridgehead atoms. The van der Waals surface area contributed by atoms with Crippen molar-refractivity contribution in [2.45, 2.75) is 19.3 Å². The van der Waals surface area contributed by atoms with Crippen molar-refractivity contribution in [3.05, 3.63) is 12.2 Å². The molecule has 8 heavy (non-hydrogen) atoms. The Bertz CT molecular complexity index is 154. The third-order valence-corrected chi connectivity index (χ3v) is 1.76. The lowest BCUT2D eigenvalue weighted by Crippen LogP contribution is -1.96. The average molecular weight is 128 g/mol. The molecule has 0 unspecified atom stereocenters. The van der Waals surface area contributed by atoms with Gasteiger partial charge in [-0.3, -0.25) is 0 Å². The van der Waals surface area contributed by atoms with Crippen molar-refractivity contribution in [3.8, 4) is 0 Å². The van der Waals surface area contributed by atoms with Crippen molar-refractivity contribution in [1.29, 1.82) is 0 Å². The molecule has 0 N–H and O–H groups in total. The molecule has 44 valence electrons. The van der Waals surface area contributed by atoms with Crippen molar-refractivity contribution in [2.75, 3.05) is 0 Å². The van der Waals surface area contributed by atoms with Crippen LogP contribution in [0.1, 0.15) is 19.3 Å². The SMILES string of the molecule is O=S=C1C=CCCC1. The van der Waals surface area contributed by atoms with E-state index in [0.717, 1.165) is 24.1 Å². The van der Waals surface area contributed by atoms with E-state index in [1.807, 2.05) is 6.08 Å². The minimum atomic E-state index is 0.626. The standard InChI is InChI=1S/C6H8OS/c7-8-6-4-2-1-3-5-6/h2,4H,1,3,5H2. The molecule has 1 aliphatic rings. The van der Waals surface area contributed by atoms with Gasteiger partial charge < -0.3 is 0 Å². The van der Waals surface area contributed by atoms with Gasteiger partial charge in [0.1, 0.15) is 0 Å². The van der Waals surface area contributed by atoms with E-state index < -0.39 is 0 Å². The van der Waals surface area contributed by atoms with Gasteiger partial charge in [0.2, 0.25) is 0 Å². The van der Waals surface area contributed by atoms with Crippen LogP contribution in [0, 0.1) is 0 Å². The predicted molar refractivity (Wildman–Crippen MR) is 36.1 cm³/mol. The Labute approximate surface area is 52.5 Å². The molecule has 0 aromatic carbocycles. The van der Waals surface area contributed by atoms with Crippen LogP contribution < -0.4 is 0 Å². The summed E-state index contributed by atoms with van der Waals surface area (Å²) in [5.74, 6) is 0. The zero-order valence-electron chi connectivity index (χ0n) is 4.59. The summed E-state index contributed by atoms with van der Waals surface area (Å²) >= 11 is 0.626. The molecule has 0 fully saturated rings. The highest BCUT2D eigenvalue weighted by Gasteiger charge is 1.96. The highest BCUT2D eigenvalue weighted by molar-refractivity contribution is 7.66. The van der Waals surface area contributed by atoms with Gasteiger partial charge in [0.15, 0.2) is 0 Å². The quantitative estimate of drug-likeness (QED) is 0.447. The van der Waals surface area contributed by atoms with Gasteiger partial charge in [-0.2, -0.15) is 0 Å². The third kappa shape index (κ3) is 1.30. The topological polar surface area (TPSA) is 17.1 Å². The first kappa shape index (κ1) is 5.76. The second kappa shape index (κ2) is 2.82. The van der Waals surface area contributed by atoms with Crippen LogP contribution in [0.25, 0.3) is 0 Å². The van der Waals surface area contributed by atoms with Gasteiger partial charge in [0, 0.05) is 4.86 Å². The zero-order valence-corrected chi connectivity index (χ0v) is 5.41. The summed E-state index contributed by atoms with van der Waals surface area (Å²) in [5, 5.41) is 0. The van der Waals surface area contributed by atoms with E-state index in [4.69, 9.17) is 0 Å². The smallest absolute Gasteiger partial charge is 0.0920 e. The molecule has 0 atom stereocenters. The lowest BCUT2D eigenvalue weighted by atomic mass is 10.1. The number of hydrogen-bond donors (Lipinski definition) is 0. The molecule has 0 aliphatic heterocycles. The Hall–Kier alpha value is -0.370. The van der Waals surface area contributed by atoms with E-state index >= 15 is 0 Å². The van der Waals surface area contributed by atoms with Crippen LogP contribution in [-0.4, -0.2) is 9.07 Å². The van der Waals surface area contributed by atoms with E-state index in [2.05, 4.69) is 6.08 Å². The van der Waals surface area contributed by atoms with Crippen LogP contribution >= 0.6 is 0 Å². The van der Waals surface area contributed by atoms with Gasteiger partial charge in [0.05, 0.1) is 11.3 Å². The molecule has 0 radical (unpaired) electrons. The first-order valence-corrected chi connectivity index (χ1v) is 3.50. The lowest BCUT2D eigenvalue weighted by Gasteiger charge is -1.99. The predicted octanol–water partition coefficient (Wildman–Crippen LogP) is 1.11. The third-order valence-electron chi connectivity index (χ3n) is 1.20. The normalized spacial score (nSPS) is 18.8. The Balaban J connectivity index is 2.70. The van der Waals surface area contributed by atoms with E-state index in [-0.39, 0.29) is 0 Å². The Morgan fingerprint density at radius 3 is 2.88 bits per heavy atom. The van der Waals surface area contributed by atoms with Crippen molar-refractivity contribution >= 4 is 16.1 Å². The van der Waals surface area contributed by atoms with Crippen LogP contribution in [0.4, 0.5) is 0 Å². The summed E-state index contributed by atoms with van der Waals surface area (Å²) in [5.41, 5.74) is 0. The minimum absolute atomic E-state index is 0.626. The summed E-state index contributed by atoms with van der Waals surface area (Å²) in [6.45, 7) is 0. The molecular weight excluding hydrogens is 120 g/mol. The summed E-state index contributed by atoms with van der Waals surface area (Å²) in [6.07, 6.45) is 7.28. The van der Waals surface area contributed by atoms with Crippen molar-refractivity contribution in [1.82, 2.24) is 0 Å². The van der Waals surface area contributed by atoms with Gasteiger partial charge in [-0.05, 0) is 25.3 Å². The number of hydrogen-bond acceptors (Lipinski definition) is 1. The Morgan fingerprint density at radius 2 is 2.50 bits per heavy atom. The first-order valence-electron chi connectivity index (χ1n) is 2.75. The largest absolute Gasteiger partial charge is 0.212 e. The maximum Gasteiger partial charge on any atom is 0.0920 e. The van der Waals surface area contributed by atoms with Crippen LogP contribution in [-0.2, 0) is 11.3 Å². The summed E-state index contributed by atoms with van der Waals surface area (Å²) < 4.78 is 10.1. The maximum atomic E-state index is 10.1. The van der Waals surface area contributed by atoms with Crippen LogP contribution in [0.2, 0.25) is 0 Å². The first-order chi connectivity index (χ1) is 3.93. The van der Waals surface area contributed by atoms with E-state index in [1.165, 1.54) is 0 Å². The second-order valence-corrected chi connectivity index (χ2v) is 2.54. The monoisotopic (exact) mass is 128 g/mol. The highest BCUT2D eigenvalue weighted by Crippen LogP contribution is 2.04. The molecular formula is C6H8OS. The van der Waals surface area contributed by atoms with Gasteiger partial charge >= 0.3 is 0 Å². The maximum absolute atomic E-state index is 10.1. The molecule has 0 aromatic rings. The molecule has 0 heterocycles. The minimum Gasteiger partial charge on any atom is -0.212 e. The molecule has 2 heteroatoms. The van der Waals surface area contributed by atoms with Crippen LogP contribution in [0.3, 0.4) is 0 Å². The zero-order chi connectivity index (χ0) is 5.82.